The average molecular weight is 283 g/mol. The number of nitrogens with one attached hydrogen (secondary N) is 1. The van der Waals surface area contributed by atoms with Crippen LogP contribution in [0.3, 0.4) is 0 Å². The lowest BCUT2D eigenvalue weighted by atomic mass is 10.1. The molecule has 0 saturated carbocycles. The molecule has 2 aromatic rings. The van der Waals surface area contributed by atoms with E-state index in [0.717, 1.165) is 4.57 Å². The van der Waals surface area contributed by atoms with Crippen molar-refractivity contribution in [3.05, 3.63) is 16.7 Å². The molecule has 1 fully saturated rings. The van der Waals surface area contributed by atoms with E-state index in [9.17, 15) is 15.0 Å². The van der Waals surface area contributed by atoms with Crippen LogP contribution in [-0.2, 0) is 4.74 Å². The number of hydrogen-bond donors (Lipinski definition) is 5. The van der Waals surface area contributed by atoms with E-state index in [2.05, 4.69) is 15.0 Å². The van der Waals surface area contributed by atoms with Gasteiger partial charge in [-0.3, -0.25) is 4.79 Å². The Morgan fingerprint density at radius 2 is 2.20 bits per heavy atom. The Balaban J connectivity index is 2.13. The predicted molar refractivity (Wildman–Crippen MR) is 65.6 cm³/mol. The molecule has 6 N–H and O–H groups in total. The SMILES string of the molecule is Nc1nc2nc[nH]c2c(=O)n1C1O[C@@H](CO)[C@H](O)[C@@H]1O. The second-order valence-corrected chi connectivity index (χ2v) is 4.48. The van der Waals surface area contributed by atoms with E-state index in [0.29, 0.717) is 0 Å². The summed E-state index contributed by atoms with van der Waals surface area (Å²) in [7, 11) is 0. The van der Waals surface area contributed by atoms with E-state index in [1.165, 1.54) is 6.33 Å². The largest absolute Gasteiger partial charge is 0.394 e. The number of hydrogen-bond acceptors (Lipinski definition) is 8. The normalized spacial score (nSPS) is 30.1. The van der Waals surface area contributed by atoms with Crippen molar-refractivity contribution in [2.24, 2.45) is 0 Å². The van der Waals surface area contributed by atoms with Crippen molar-refractivity contribution in [3.8, 4) is 0 Å². The van der Waals surface area contributed by atoms with Crippen molar-refractivity contribution < 1.29 is 20.1 Å². The summed E-state index contributed by atoms with van der Waals surface area (Å²) in [5.41, 5.74) is 5.36. The minimum absolute atomic E-state index is 0.108. The molecule has 0 aliphatic carbocycles. The minimum atomic E-state index is -1.41. The number of aliphatic hydroxyl groups is 3. The van der Waals surface area contributed by atoms with Crippen molar-refractivity contribution in [2.45, 2.75) is 24.5 Å². The molecule has 20 heavy (non-hydrogen) atoms. The zero-order chi connectivity index (χ0) is 14.4. The highest BCUT2D eigenvalue weighted by Crippen LogP contribution is 2.29. The molecule has 1 saturated heterocycles. The number of ether oxygens (including phenoxy) is 1. The van der Waals surface area contributed by atoms with Gasteiger partial charge in [0, 0.05) is 0 Å². The van der Waals surface area contributed by atoms with Gasteiger partial charge in [0.1, 0.15) is 18.3 Å². The minimum Gasteiger partial charge on any atom is -0.394 e. The van der Waals surface area contributed by atoms with E-state index in [4.69, 9.17) is 15.6 Å². The summed E-state index contributed by atoms with van der Waals surface area (Å²) in [5, 5.41) is 28.7. The highest BCUT2D eigenvalue weighted by molar-refractivity contribution is 5.69. The number of rotatable bonds is 2. The van der Waals surface area contributed by atoms with Crippen molar-refractivity contribution in [1.29, 1.82) is 0 Å². The third-order valence-electron chi connectivity index (χ3n) is 3.29. The molecular formula is C10H13N5O5. The lowest BCUT2D eigenvalue weighted by molar-refractivity contribution is -0.0534. The number of fused-ring (bicyclic) bond motifs is 1. The summed E-state index contributed by atoms with van der Waals surface area (Å²) in [6.07, 6.45) is -3.67. The van der Waals surface area contributed by atoms with Crippen LogP contribution in [0.25, 0.3) is 11.2 Å². The molecule has 2 aromatic heterocycles. The maximum absolute atomic E-state index is 12.3. The molecule has 1 unspecified atom stereocenters. The van der Waals surface area contributed by atoms with Crippen LogP contribution in [-0.4, -0.2) is 59.8 Å². The van der Waals surface area contributed by atoms with Crippen LogP contribution in [0, 0.1) is 0 Å². The van der Waals surface area contributed by atoms with Crippen molar-refractivity contribution in [3.63, 3.8) is 0 Å². The van der Waals surface area contributed by atoms with E-state index in [1.807, 2.05) is 0 Å². The fourth-order valence-electron chi connectivity index (χ4n) is 2.26. The highest BCUT2D eigenvalue weighted by atomic mass is 16.6. The van der Waals surface area contributed by atoms with Gasteiger partial charge in [-0.05, 0) is 0 Å². The second kappa shape index (κ2) is 4.52. The molecule has 1 aliphatic heterocycles. The summed E-state index contributed by atoms with van der Waals surface area (Å²) in [6.45, 7) is -0.497. The van der Waals surface area contributed by atoms with Gasteiger partial charge in [0.05, 0.1) is 12.9 Å². The van der Waals surface area contributed by atoms with Crippen LogP contribution in [0.15, 0.2) is 11.1 Å². The molecule has 0 bridgehead atoms. The second-order valence-electron chi connectivity index (χ2n) is 4.48. The summed E-state index contributed by atoms with van der Waals surface area (Å²) >= 11 is 0. The van der Waals surface area contributed by atoms with Crippen LogP contribution in [0.2, 0.25) is 0 Å². The summed E-state index contributed by atoms with van der Waals surface area (Å²) in [5.74, 6) is -0.204. The van der Waals surface area contributed by atoms with E-state index >= 15 is 0 Å². The Hall–Kier alpha value is -2.01. The van der Waals surface area contributed by atoms with Gasteiger partial charge in [0.2, 0.25) is 5.95 Å². The molecule has 4 atom stereocenters. The molecular weight excluding hydrogens is 270 g/mol. The number of H-pyrrole nitrogens is 1. The van der Waals surface area contributed by atoms with Crippen molar-refractivity contribution in [2.75, 3.05) is 12.3 Å². The van der Waals surface area contributed by atoms with E-state index in [-0.39, 0.29) is 17.1 Å². The number of anilines is 1. The highest BCUT2D eigenvalue weighted by Gasteiger charge is 2.44. The predicted octanol–water partition coefficient (Wildman–Crippen LogP) is -2.69. The average Bonchev–Trinajstić information content (AvgIpc) is 2.98. The van der Waals surface area contributed by atoms with Crippen LogP contribution in [0.4, 0.5) is 5.95 Å². The van der Waals surface area contributed by atoms with Crippen LogP contribution in [0.5, 0.6) is 0 Å². The van der Waals surface area contributed by atoms with Gasteiger partial charge in [-0.15, -0.1) is 0 Å². The lowest BCUT2D eigenvalue weighted by Gasteiger charge is -2.18. The molecule has 108 valence electrons. The number of nitrogens with zero attached hydrogens (tertiary/aromatic N) is 3. The number of aliphatic hydroxyl groups excluding tert-OH is 3. The summed E-state index contributed by atoms with van der Waals surface area (Å²) in [6, 6.07) is 0. The van der Waals surface area contributed by atoms with Gasteiger partial charge in [0.25, 0.3) is 5.56 Å². The first-order valence-electron chi connectivity index (χ1n) is 5.88. The third kappa shape index (κ3) is 1.70. The Kier molecular flexibility index (Phi) is 2.94. The van der Waals surface area contributed by atoms with Gasteiger partial charge in [-0.25, -0.2) is 9.55 Å². The van der Waals surface area contributed by atoms with E-state index in [1.54, 1.807) is 0 Å². The number of nitrogens with two attached hydrogens (primary N) is 1. The van der Waals surface area contributed by atoms with Gasteiger partial charge in [0.15, 0.2) is 17.4 Å². The molecule has 1 aliphatic rings. The zero-order valence-corrected chi connectivity index (χ0v) is 10.2. The van der Waals surface area contributed by atoms with Gasteiger partial charge >= 0.3 is 0 Å². The van der Waals surface area contributed by atoms with Gasteiger partial charge in [-0.2, -0.15) is 4.98 Å². The Morgan fingerprint density at radius 3 is 2.85 bits per heavy atom. The Morgan fingerprint density at radius 1 is 1.45 bits per heavy atom. The topological polar surface area (TPSA) is 160 Å². The Bertz CT molecular complexity index is 697. The van der Waals surface area contributed by atoms with Crippen molar-refractivity contribution in [1.82, 2.24) is 19.5 Å². The fraction of sp³-hybridized carbons (Fsp3) is 0.500. The molecule has 0 spiro atoms. The lowest BCUT2D eigenvalue weighted by Crippen LogP contribution is -2.36. The standard InChI is InChI=1S/C10H13N5O5/c11-10-14-7-4(12-2-13-7)8(19)15(10)9-6(18)5(17)3(1-16)20-9/h2-3,5-6,9,16-18H,1H2,(H2,11,14)(H,12,13)/t3-,5-,6-,9?/m0/s1. The first kappa shape index (κ1) is 13.0. The monoisotopic (exact) mass is 283 g/mol. The van der Waals surface area contributed by atoms with Crippen LogP contribution >= 0.6 is 0 Å². The van der Waals surface area contributed by atoms with Crippen molar-refractivity contribution >= 4 is 17.1 Å². The summed E-state index contributed by atoms with van der Waals surface area (Å²) in [4.78, 5) is 22.6. The molecule has 10 heteroatoms. The quantitative estimate of drug-likeness (QED) is 0.398. The zero-order valence-electron chi connectivity index (χ0n) is 10.2. The Labute approximate surface area is 111 Å². The number of nitrogen functional groups attached to an aromatic ring is 1. The van der Waals surface area contributed by atoms with Crippen LogP contribution < -0.4 is 11.3 Å². The first-order chi connectivity index (χ1) is 9.54. The number of imidazole rings is 1. The molecule has 0 aromatic carbocycles. The fourth-order valence-corrected chi connectivity index (χ4v) is 2.26. The van der Waals surface area contributed by atoms with Gasteiger partial charge < -0.3 is 30.8 Å². The maximum Gasteiger partial charge on any atom is 0.283 e. The molecule has 10 nitrogen and oxygen atoms in total. The smallest absolute Gasteiger partial charge is 0.283 e. The summed E-state index contributed by atoms with van der Waals surface area (Å²) < 4.78 is 6.19. The van der Waals surface area contributed by atoms with Crippen LogP contribution in [0.1, 0.15) is 6.23 Å². The molecule has 3 heterocycles. The van der Waals surface area contributed by atoms with E-state index < -0.39 is 36.7 Å². The molecule has 0 amide bonds. The molecule has 3 rings (SSSR count). The number of aromatic amines is 1. The third-order valence-corrected chi connectivity index (χ3v) is 3.29. The molecule has 0 radical (unpaired) electrons. The van der Waals surface area contributed by atoms with Gasteiger partial charge in [-0.1, -0.05) is 0 Å². The maximum atomic E-state index is 12.3. The number of aromatic nitrogens is 4. The first-order valence-corrected chi connectivity index (χ1v) is 5.88.